The Kier molecular flexibility index (Phi) is 6.76. The molecule has 0 fully saturated rings. The molecule has 0 aliphatic carbocycles. The monoisotopic (exact) mass is 527 g/mol. The Morgan fingerprint density at radius 2 is 1.57 bits per heavy atom. The first-order valence-corrected chi connectivity index (χ1v) is 11.7. The summed E-state index contributed by atoms with van der Waals surface area (Å²) in [7, 11) is 1.70. The number of halogens is 6. The van der Waals surface area contributed by atoms with Crippen LogP contribution >= 0.6 is 0 Å². The smallest absolute Gasteiger partial charge is 0.386 e. The Morgan fingerprint density at radius 3 is 2.08 bits per heavy atom. The molecule has 37 heavy (non-hydrogen) atoms. The van der Waals surface area contributed by atoms with Crippen LogP contribution in [0.4, 0.5) is 26.3 Å². The van der Waals surface area contributed by atoms with Gasteiger partial charge >= 0.3 is 12.4 Å². The predicted molar refractivity (Wildman–Crippen MR) is 127 cm³/mol. The topological polar surface area (TPSA) is 68.8 Å². The molecular formula is C25H27F6N5O. The fraction of sp³-hybridized carbons (Fsp3) is 0.480. The first-order valence-electron chi connectivity index (χ1n) is 11.7. The average molecular weight is 528 g/mol. The van der Waals surface area contributed by atoms with E-state index in [4.69, 9.17) is 0 Å². The molecule has 3 aromatic heterocycles. The van der Waals surface area contributed by atoms with Crippen LogP contribution in [-0.4, -0.2) is 42.0 Å². The summed E-state index contributed by atoms with van der Waals surface area (Å²) in [4.78, 5) is 4.47. The fourth-order valence-corrected chi connectivity index (χ4v) is 4.70. The van der Waals surface area contributed by atoms with Crippen molar-refractivity contribution in [1.29, 1.82) is 0 Å². The lowest BCUT2D eigenvalue weighted by Gasteiger charge is -2.24. The molecule has 200 valence electrons. The van der Waals surface area contributed by atoms with Crippen LogP contribution in [0.3, 0.4) is 0 Å². The van der Waals surface area contributed by atoms with Crippen LogP contribution in [-0.2, 0) is 12.6 Å². The van der Waals surface area contributed by atoms with Crippen molar-refractivity contribution in [3.05, 3.63) is 41.7 Å². The standard InChI is InChI=1S/C25H27F6N5O/c1-14-22(35(4)34-33-14)15-5-6-18-19(11-15)36(20-12-16(23(2,3)37)13-32-21(18)20)17(7-9-24(26,27)28)8-10-25(29,30)31/h5-6,11-13,17,37H,7-10H2,1-4H3. The van der Waals surface area contributed by atoms with E-state index >= 15 is 0 Å². The number of benzene rings is 1. The molecule has 12 heteroatoms. The van der Waals surface area contributed by atoms with E-state index < -0.39 is 49.7 Å². The summed E-state index contributed by atoms with van der Waals surface area (Å²) in [5.41, 5.74) is 2.26. The fourth-order valence-electron chi connectivity index (χ4n) is 4.70. The van der Waals surface area contributed by atoms with E-state index in [2.05, 4.69) is 15.3 Å². The van der Waals surface area contributed by atoms with Crippen LogP contribution in [0.25, 0.3) is 33.2 Å². The van der Waals surface area contributed by atoms with Gasteiger partial charge in [0.1, 0.15) is 0 Å². The number of alkyl halides is 6. The molecule has 4 aromatic rings. The molecule has 1 aromatic carbocycles. The zero-order valence-corrected chi connectivity index (χ0v) is 20.7. The van der Waals surface area contributed by atoms with Crippen molar-refractivity contribution in [3.63, 3.8) is 0 Å². The largest absolute Gasteiger partial charge is 0.389 e. The molecule has 3 heterocycles. The highest BCUT2D eigenvalue weighted by atomic mass is 19.4. The van der Waals surface area contributed by atoms with Crippen molar-refractivity contribution in [2.75, 3.05) is 0 Å². The Bertz CT molecular complexity index is 1390. The molecule has 0 atom stereocenters. The quantitative estimate of drug-likeness (QED) is 0.270. The summed E-state index contributed by atoms with van der Waals surface area (Å²) >= 11 is 0. The number of rotatable bonds is 7. The first-order chi connectivity index (χ1) is 17.0. The Balaban J connectivity index is 2.00. The molecule has 0 saturated carbocycles. The number of fused-ring (bicyclic) bond motifs is 3. The predicted octanol–water partition coefficient (Wildman–Crippen LogP) is 6.75. The third-order valence-corrected chi connectivity index (χ3v) is 6.50. The molecule has 6 nitrogen and oxygen atoms in total. The van der Waals surface area contributed by atoms with Crippen molar-refractivity contribution in [1.82, 2.24) is 24.5 Å². The second kappa shape index (κ2) is 9.30. The molecule has 0 spiro atoms. The highest BCUT2D eigenvalue weighted by Crippen LogP contribution is 2.40. The molecule has 1 N–H and O–H groups in total. The van der Waals surface area contributed by atoms with E-state index in [-0.39, 0.29) is 0 Å². The van der Waals surface area contributed by atoms with Crippen molar-refractivity contribution in [2.45, 2.75) is 70.4 Å². The van der Waals surface area contributed by atoms with Crippen LogP contribution in [0.15, 0.2) is 30.5 Å². The Hall–Kier alpha value is -3.15. The van der Waals surface area contributed by atoms with Crippen LogP contribution < -0.4 is 0 Å². The van der Waals surface area contributed by atoms with Crippen molar-refractivity contribution < 1.29 is 31.4 Å². The summed E-state index contributed by atoms with van der Waals surface area (Å²) in [6, 6.07) is 5.73. The summed E-state index contributed by atoms with van der Waals surface area (Å²) in [6.07, 6.45) is -11.2. The van der Waals surface area contributed by atoms with Gasteiger partial charge in [0.15, 0.2) is 0 Å². The highest BCUT2D eigenvalue weighted by molar-refractivity contribution is 6.07. The van der Waals surface area contributed by atoms with Crippen molar-refractivity contribution >= 4 is 21.9 Å². The second-order valence-electron chi connectivity index (χ2n) is 9.86. The van der Waals surface area contributed by atoms with Gasteiger partial charge in [-0.3, -0.25) is 4.98 Å². The van der Waals surface area contributed by atoms with Gasteiger partial charge in [0.05, 0.1) is 33.5 Å². The summed E-state index contributed by atoms with van der Waals surface area (Å²) in [5.74, 6) is 0. The summed E-state index contributed by atoms with van der Waals surface area (Å²) in [6.45, 7) is 4.82. The molecule has 0 amide bonds. The SMILES string of the molecule is Cc1nnn(C)c1-c1ccc2c3ncc(C(C)(C)O)cc3n(C(CCC(F)(F)F)CCC(F)(F)F)c2c1. The highest BCUT2D eigenvalue weighted by Gasteiger charge is 2.34. The molecule has 0 aliphatic rings. The summed E-state index contributed by atoms with van der Waals surface area (Å²) in [5, 5.41) is 19.2. The van der Waals surface area contributed by atoms with E-state index in [0.717, 1.165) is 0 Å². The lowest BCUT2D eigenvalue weighted by atomic mass is 10.00. The maximum Gasteiger partial charge on any atom is 0.389 e. The Morgan fingerprint density at radius 1 is 0.946 bits per heavy atom. The zero-order chi connectivity index (χ0) is 27.3. The summed E-state index contributed by atoms with van der Waals surface area (Å²) < 4.78 is 82.4. The normalized spacial score (nSPS) is 13.4. The van der Waals surface area contributed by atoms with Crippen LogP contribution in [0.5, 0.6) is 0 Å². The average Bonchev–Trinajstić information content (AvgIpc) is 3.27. The van der Waals surface area contributed by atoms with Crippen molar-refractivity contribution in [2.24, 2.45) is 7.05 Å². The number of pyridine rings is 1. The third-order valence-electron chi connectivity index (χ3n) is 6.50. The van der Waals surface area contributed by atoms with Crippen LogP contribution in [0, 0.1) is 6.92 Å². The van der Waals surface area contributed by atoms with E-state index in [9.17, 15) is 31.4 Å². The van der Waals surface area contributed by atoms with Gasteiger partial charge < -0.3 is 9.67 Å². The van der Waals surface area contributed by atoms with Crippen LogP contribution in [0.2, 0.25) is 0 Å². The number of hydrogen-bond acceptors (Lipinski definition) is 4. The maximum atomic E-state index is 13.2. The van der Waals surface area contributed by atoms with Gasteiger partial charge in [-0.2, -0.15) is 26.3 Å². The minimum atomic E-state index is -4.53. The van der Waals surface area contributed by atoms with Crippen molar-refractivity contribution in [3.8, 4) is 11.3 Å². The lowest BCUT2D eigenvalue weighted by Crippen LogP contribution is -2.19. The second-order valence-corrected chi connectivity index (χ2v) is 9.86. The van der Waals surface area contributed by atoms with Gasteiger partial charge in [0.2, 0.25) is 0 Å². The number of aromatic nitrogens is 5. The molecule has 0 saturated heterocycles. The van der Waals surface area contributed by atoms with Gasteiger partial charge in [-0.15, -0.1) is 5.10 Å². The molecular weight excluding hydrogens is 500 g/mol. The maximum absolute atomic E-state index is 13.2. The first kappa shape index (κ1) is 26.9. The van der Waals surface area contributed by atoms with Crippen LogP contribution in [0.1, 0.15) is 56.8 Å². The lowest BCUT2D eigenvalue weighted by molar-refractivity contribution is -0.142. The van der Waals surface area contributed by atoms with Gasteiger partial charge in [-0.1, -0.05) is 11.3 Å². The van der Waals surface area contributed by atoms with E-state index in [0.29, 0.717) is 44.5 Å². The third kappa shape index (κ3) is 5.73. The molecule has 0 bridgehead atoms. The molecule has 0 aliphatic heterocycles. The molecule has 0 radical (unpaired) electrons. The molecule has 0 unspecified atom stereocenters. The minimum Gasteiger partial charge on any atom is -0.386 e. The molecule has 4 rings (SSSR count). The van der Waals surface area contributed by atoms with Gasteiger partial charge in [0.25, 0.3) is 0 Å². The van der Waals surface area contributed by atoms with Gasteiger partial charge in [-0.25, -0.2) is 4.68 Å². The minimum absolute atomic E-state index is 0.362. The van der Waals surface area contributed by atoms with Gasteiger partial charge in [0, 0.05) is 48.6 Å². The number of aliphatic hydroxyl groups is 1. The van der Waals surface area contributed by atoms with E-state index in [1.54, 1.807) is 42.9 Å². The van der Waals surface area contributed by atoms with E-state index in [1.807, 2.05) is 0 Å². The number of hydrogen-bond donors (Lipinski definition) is 1. The van der Waals surface area contributed by atoms with E-state index in [1.165, 1.54) is 24.6 Å². The number of aryl methyl sites for hydroxylation is 2. The zero-order valence-electron chi connectivity index (χ0n) is 20.7. The number of nitrogens with zero attached hydrogens (tertiary/aromatic N) is 5. The van der Waals surface area contributed by atoms with Gasteiger partial charge in [-0.05, 0) is 51.8 Å². The Labute approximate surface area is 208 Å².